The van der Waals surface area contributed by atoms with E-state index in [1.54, 1.807) is 41.3 Å². The van der Waals surface area contributed by atoms with Crippen molar-refractivity contribution in [3.63, 3.8) is 0 Å². The van der Waals surface area contributed by atoms with Crippen molar-refractivity contribution in [1.29, 1.82) is 0 Å². The zero-order valence-corrected chi connectivity index (χ0v) is 20.8. The molecular weight excluding hydrogens is 506 g/mol. The summed E-state index contributed by atoms with van der Waals surface area (Å²) in [6, 6.07) is 21.4. The second-order valence-electron chi connectivity index (χ2n) is 8.74. The van der Waals surface area contributed by atoms with Crippen molar-refractivity contribution >= 4 is 50.2 Å². The molecule has 2 heterocycles. The summed E-state index contributed by atoms with van der Waals surface area (Å²) in [6.45, 7) is 2.27. The summed E-state index contributed by atoms with van der Waals surface area (Å²) >= 11 is 3.38. The number of nitrogens with one attached hydrogen (secondary N) is 1. The standard InChI is InChI=1S/C28H24BrN3O3/c1-18-6-8-19(9-7-18)27(34)31(15-14-20-17-30-24-5-3-2-4-23(20)24)25-16-26(33)32(28(25)35)22-12-10-21(29)11-13-22/h2-13,17,25,30H,14-16H2,1H3. The molecule has 0 saturated carbocycles. The van der Waals surface area contributed by atoms with E-state index in [0.717, 1.165) is 26.5 Å². The maximum absolute atomic E-state index is 13.6. The largest absolute Gasteiger partial charge is 0.361 e. The van der Waals surface area contributed by atoms with Gasteiger partial charge < -0.3 is 9.88 Å². The maximum atomic E-state index is 13.6. The number of aromatic amines is 1. The van der Waals surface area contributed by atoms with Gasteiger partial charge in [0, 0.05) is 33.7 Å². The lowest BCUT2D eigenvalue weighted by Gasteiger charge is -2.28. The van der Waals surface area contributed by atoms with Gasteiger partial charge in [-0.3, -0.25) is 14.4 Å². The topological polar surface area (TPSA) is 73.5 Å². The molecule has 3 amide bonds. The lowest BCUT2D eigenvalue weighted by molar-refractivity contribution is -0.122. The summed E-state index contributed by atoms with van der Waals surface area (Å²) in [4.78, 5) is 46.1. The predicted molar refractivity (Wildman–Crippen MR) is 139 cm³/mol. The maximum Gasteiger partial charge on any atom is 0.257 e. The number of aromatic nitrogens is 1. The molecular formula is C28H24BrN3O3. The van der Waals surface area contributed by atoms with E-state index in [1.165, 1.54) is 4.90 Å². The molecule has 4 aromatic rings. The van der Waals surface area contributed by atoms with Crippen LogP contribution in [0, 0.1) is 6.92 Å². The summed E-state index contributed by atoms with van der Waals surface area (Å²) < 4.78 is 0.854. The van der Waals surface area contributed by atoms with Crippen LogP contribution in [-0.4, -0.2) is 40.2 Å². The Bertz CT molecular complexity index is 1410. The van der Waals surface area contributed by atoms with E-state index in [-0.39, 0.29) is 24.1 Å². The fourth-order valence-electron chi connectivity index (χ4n) is 4.56. The van der Waals surface area contributed by atoms with E-state index in [0.29, 0.717) is 24.2 Å². The fourth-order valence-corrected chi connectivity index (χ4v) is 4.83. The monoisotopic (exact) mass is 529 g/mol. The number of amides is 3. The summed E-state index contributed by atoms with van der Waals surface area (Å²) in [7, 11) is 0. The van der Waals surface area contributed by atoms with Gasteiger partial charge in [0.05, 0.1) is 12.1 Å². The van der Waals surface area contributed by atoms with Gasteiger partial charge in [0.15, 0.2) is 0 Å². The van der Waals surface area contributed by atoms with Gasteiger partial charge in [0.25, 0.3) is 11.8 Å². The highest BCUT2D eigenvalue weighted by Gasteiger charge is 2.44. The molecule has 3 aromatic carbocycles. The molecule has 0 radical (unpaired) electrons. The Kier molecular flexibility index (Phi) is 6.26. The van der Waals surface area contributed by atoms with E-state index >= 15 is 0 Å². The van der Waals surface area contributed by atoms with Gasteiger partial charge in [-0.2, -0.15) is 0 Å². The number of anilines is 1. The number of benzene rings is 3. The minimum atomic E-state index is -0.856. The minimum absolute atomic E-state index is 0.0413. The number of halogens is 1. The first kappa shape index (κ1) is 23.1. The van der Waals surface area contributed by atoms with Crippen LogP contribution < -0.4 is 4.90 Å². The number of hydrogen-bond donors (Lipinski definition) is 1. The second kappa shape index (κ2) is 9.50. The number of carbonyl (C=O) groups is 3. The van der Waals surface area contributed by atoms with Crippen LogP contribution >= 0.6 is 15.9 Å². The van der Waals surface area contributed by atoms with Gasteiger partial charge in [-0.1, -0.05) is 51.8 Å². The number of hydrogen-bond acceptors (Lipinski definition) is 3. The number of rotatable bonds is 6. The number of H-pyrrole nitrogens is 1. The van der Waals surface area contributed by atoms with E-state index in [2.05, 4.69) is 20.9 Å². The van der Waals surface area contributed by atoms with Gasteiger partial charge in [-0.15, -0.1) is 0 Å². The Hall–Kier alpha value is -3.71. The average Bonchev–Trinajstić information content (AvgIpc) is 3.40. The molecule has 176 valence electrons. The van der Waals surface area contributed by atoms with Crippen LogP contribution in [-0.2, 0) is 16.0 Å². The molecule has 5 rings (SSSR count). The molecule has 1 aliphatic heterocycles. The molecule has 1 saturated heterocycles. The highest BCUT2D eigenvalue weighted by Crippen LogP contribution is 2.28. The summed E-state index contributed by atoms with van der Waals surface area (Å²) in [5.74, 6) is -0.943. The fraction of sp³-hybridized carbons (Fsp3) is 0.179. The van der Waals surface area contributed by atoms with E-state index in [1.807, 2.05) is 49.5 Å². The Morgan fingerprint density at radius 2 is 1.74 bits per heavy atom. The number of carbonyl (C=O) groups excluding carboxylic acids is 3. The van der Waals surface area contributed by atoms with Gasteiger partial charge in [-0.25, -0.2) is 4.90 Å². The number of nitrogens with zero attached hydrogens (tertiary/aromatic N) is 2. The van der Waals surface area contributed by atoms with Gasteiger partial charge >= 0.3 is 0 Å². The highest BCUT2D eigenvalue weighted by atomic mass is 79.9. The van der Waals surface area contributed by atoms with Crippen LogP contribution in [0.4, 0.5) is 5.69 Å². The lowest BCUT2D eigenvalue weighted by Crippen LogP contribution is -2.46. The van der Waals surface area contributed by atoms with Crippen LogP contribution in [0.2, 0.25) is 0 Å². The van der Waals surface area contributed by atoms with Crippen molar-refractivity contribution in [1.82, 2.24) is 9.88 Å². The summed E-state index contributed by atoms with van der Waals surface area (Å²) in [5, 5.41) is 1.08. The first-order chi connectivity index (χ1) is 16.9. The molecule has 1 atom stereocenters. The van der Waals surface area contributed by atoms with E-state index in [9.17, 15) is 14.4 Å². The van der Waals surface area contributed by atoms with Crippen molar-refractivity contribution in [2.24, 2.45) is 0 Å². The molecule has 0 bridgehead atoms. The molecule has 1 fully saturated rings. The van der Waals surface area contributed by atoms with Crippen molar-refractivity contribution in [2.75, 3.05) is 11.4 Å². The van der Waals surface area contributed by atoms with Crippen LogP contribution in [0.25, 0.3) is 10.9 Å². The molecule has 1 aromatic heterocycles. The molecule has 6 nitrogen and oxygen atoms in total. The van der Waals surface area contributed by atoms with Crippen molar-refractivity contribution < 1.29 is 14.4 Å². The quantitative estimate of drug-likeness (QED) is 0.346. The van der Waals surface area contributed by atoms with Crippen LogP contribution in [0.15, 0.2) is 83.5 Å². The lowest BCUT2D eigenvalue weighted by atomic mass is 10.1. The van der Waals surface area contributed by atoms with Gasteiger partial charge in [0.1, 0.15) is 6.04 Å². The van der Waals surface area contributed by atoms with E-state index in [4.69, 9.17) is 0 Å². The molecule has 7 heteroatoms. The average molecular weight is 530 g/mol. The molecule has 1 unspecified atom stereocenters. The number of imide groups is 1. The Balaban J connectivity index is 1.46. The van der Waals surface area contributed by atoms with Crippen LogP contribution in [0.3, 0.4) is 0 Å². The second-order valence-corrected chi connectivity index (χ2v) is 9.65. The third-order valence-electron chi connectivity index (χ3n) is 6.44. The minimum Gasteiger partial charge on any atom is -0.361 e. The summed E-state index contributed by atoms with van der Waals surface area (Å²) in [5.41, 5.74) is 4.12. The van der Waals surface area contributed by atoms with Crippen LogP contribution in [0.5, 0.6) is 0 Å². The van der Waals surface area contributed by atoms with Crippen molar-refractivity contribution in [2.45, 2.75) is 25.8 Å². The Labute approximate surface area is 211 Å². The summed E-state index contributed by atoms with van der Waals surface area (Å²) in [6.07, 6.45) is 2.45. The molecule has 0 spiro atoms. The SMILES string of the molecule is Cc1ccc(C(=O)N(CCc2c[nH]c3ccccc23)C2CC(=O)N(c3ccc(Br)cc3)C2=O)cc1. The van der Waals surface area contributed by atoms with Gasteiger partial charge in [0.2, 0.25) is 5.91 Å². The smallest absolute Gasteiger partial charge is 0.257 e. The number of para-hydroxylation sites is 1. The molecule has 1 N–H and O–H groups in total. The van der Waals surface area contributed by atoms with Crippen LogP contribution in [0.1, 0.15) is 27.9 Å². The van der Waals surface area contributed by atoms with Crippen molar-refractivity contribution in [3.05, 3.63) is 100 Å². The number of fused-ring (bicyclic) bond motifs is 1. The predicted octanol–water partition coefficient (Wildman–Crippen LogP) is 5.26. The Morgan fingerprint density at radius 3 is 2.49 bits per heavy atom. The molecule has 35 heavy (non-hydrogen) atoms. The van der Waals surface area contributed by atoms with Crippen molar-refractivity contribution in [3.8, 4) is 0 Å². The first-order valence-corrected chi connectivity index (χ1v) is 12.3. The first-order valence-electron chi connectivity index (χ1n) is 11.5. The highest BCUT2D eigenvalue weighted by molar-refractivity contribution is 9.10. The molecule has 0 aliphatic carbocycles. The number of aryl methyl sites for hydroxylation is 1. The third kappa shape index (κ3) is 4.51. The normalized spacial score (nSPS) is 15.7. The third-order valence-corrected chi connectivity index (χ3v) is 6.97. The van der Waals surface area contributed by atoms with Gasteiger partial charge in [-0.05, 0) is 61.4 Å². The molecule has 1 aliphatic rings. The zero-order valence-electron chi connectivity index (χ0n) is 19.2. The van der Waals surface area contributed by atoms with E-state index < -0.39 is 6.04 Å². The zero-order chi connectivity index (χ0) is 24.5. The Morgan fingerprint density at radius 1 is 1.03 bits per heavy atom.